The summed E-state index contributed by atoms with van der Waals surface area (Å²) in [6.07, 6.45) is 9.56. The monoisotopic (exact) mass is 656 g/mol. The van der Waals surface area contributed by atoms with Crippen LogP contribution in [0.25, 0.3) is 76.5 Å². The molecule has 0 radical (unpaired) electrons. The number of fused-ring (bicyclic) bond motifs is 9. The van der Waals surface area contributed by atoms with E-state index in [0.29, 0.717) is 5.84 Å². The van der Waals surface area contributed by atoms with Crippen LogP contribution in [0.1, 0.15) is 17.5 Å². The van der Waals surface area contributed by atoms with Gasteiger partial charge in [-0.15, -0.1) is 0 Å². The molecule has 1 atom stereocenters. The summed E-state index contributed by atoms with van der Waals surface area (Å²) in [5, 5.41) is 8.84. The smallest absolute Gasteiger partial charge is 0.155 e. The zero-order chi connectivity index (χ0) is 33.9. The standard InChI is InChI=1S/C47H32N2O2/c1-48-47(49-45(30-14-3-2-4-15-30)33-26-25-29-13-5-6-16-31(29)27-33)37-21-12-24-41-44(37)43-35(20-11-23-40(43)50-41)38-28-32-17-7-8-18-34(32)46-42(38)36-19-9-10-22-39(36)51-46/h2-14,16-28,30H,15H2,1H3. The van der Waals surface area contributed by atoms with Crippen molar-refractivity contribution >= 4 is 77.0 Å². The molecule has 1 aliphatic rings. The number of allylic oxidation sites excluding steroid dienone is 4. The third kappa shape index (κ3) is 4.75. The maximum absolute atomic E-state index is 6.63. The first-order chi connectivity index (χ1) is 25.2. The second-order valence-electron chi connectivity index (χ2n) is 13.2. The van der Waals surface area contributed by atoms with Crippen molar-refractivity contribution in [2.45, 2.75) is 6.42 Å². The Hall–Kier alpha value is -6.52. The van der Waals surface area contributed by atoms with Crippen molar-refractivity contribution in [3.8, 4) is 11.1 Å². The molecule has 51 heavy (non-hydrogen) atoms. The third-order valence-corrected chi connectivity index (χ3v) is 10.2. The first-order valence-electron chi connectivity index (χ1n) is 17.4. The zero-order valence-electron chi connectivity index (χ0n) is 28.0. The predicted molar refractivity (Wildman–Crippen MR) is 213 cm³/mol. The Morgan fingerprint density at radius 3 is 2.18 bits per heavy atom. The number of aliphatic imine (C=N–C) groups is 2. The molecule has 4 nitrogen and oxygen atoms in total. The molecule has 0 aliphatic heterocycles. The fraction of sp³-hybridized carbons (Fsp3) is 0.0638. The van der Waals surface area contributed by atoms with Gasteiger partial charge in [0.05, 0.1) is 5.71 Å². The number of benzene rings is 7. The zero-order valence-corrected chi connectivity index (χ0v) is 28.0. The minimum Gasteiger partial charge on any atom is -0.456 e. The maximum atomic E-state index is 6.63. The lowest BCUT2D eigenvalue weighted by molar-refractivity contribution is 0.669. The molecule has 242 valence electrons. The molecule has 2 aromatic heterocycles. The second kappa shape index (κ2) is 11.8. The van der Waals surface area contributed by atoms with E-state index in [1.165, 1.54) is 10.8 Å². The van der Waals surface area contributed by atoms with Gasteiger partial charge in [-0.2, -0.15) is 0 Å². The Morgan fingerprint density at radius 2 is 1.33 bits per heavy atom. The van der Waals surface area contributed by atoms with Crippen molar-refractivity contribution in [3.05, 3.63) is 169 Å². The molecule has 2 heterocycles. The molecule has 0 saturated heterocycles. The first-order valence-corrected chi connectivity index (χ1v) is 17.4. The van der Waals surface area contributed by atoms with E-state index >= 15 is 0 Å². The summed E-state index contributed by atoms with van der Waals surface area (Å²) >= 11 is 0. The lowest BCUT2D eigenvalue weighted by atomic mass is 9.89. The van der Waals surface area contributed by atoms with E-state index in [0.717, 1.165) is 89.0 Å². The lowest BCUT2D eigenvalue weighted by Gasteiger charge is -2.18. The van der Waals surface area contributed by atoms with Gasteiger partial charge in [-0.3, -0.25) is 4.99 Å². The van der Waals surface area contributed by atoms with Crippen molar-refractivity contribution < 1.29 is 8.83 Å². The van der Waals surface area contributed by atoms with Crippen LogP contribution < -0.4 is 0 Å². The van der Waals surface area contributed by atoms with Crippen LogP contribution in [-0.2, 0) is 0 Å². The van der Waals surface area contributed by atoms with E-state index in [-0.39, 0.29) is 5.92 Å². The molecule has 0 N–H and O–H groups in total. The third-order valence-electron chi connectivity index (χ3n) is 10.2. The number of nitrogens with zero attached hydrogens (tertiary/aromatic N) is 2. The molecule has 7 aromatic carbocycles. The Kier molecular flexibility index (Phi) is 6.81. The van der Waals surface area contributed by atoms with Crippen LogP contribution in [0, 0.1) is 5.92 Å². The Bertz CT molecular complexity index is 2970. The highest BCUT2D eigenvalue weighted by molar-refractivity contribution is 6.28. The van der Waals surface area contributed by atoms with E-state index in [2.05, 4.69) is 133 Å². The summed E-state index contributed by atoms with van der Waals surface area (Å²) in [6.45, 7) is 0. The van der Waals surface area contributed by atoms with Gasteiger partial charge in [-0.25, -0.2) is 4.99 Å². The van der Waals surface area contributed by atoms with Crippen molar-refractivity contribution in [1.82, 2.24) is 0 Å². The Labute approximate surface area is 294 Å². The van der Waals surface area contributed by atoms with Gasteiger partial charge in [0.25, 0.3) is 0 Å². The minimum atomic E-state index is 0.115. The summed E-state index contributed by atoms with van der Waals surface area (Å²) in [5.41, 5.74) is 8.59. The molecule has 0 spiro atoms. The maximum Gasteiger partial charge on any atom is 0.155 e. The predicted octanol–water partition coefficient (Wildman–Crippen LogP) is 12.5. The van der Waals surface area contributed by atoms with E-state index in [1.54, 1.807) is 0 Å². The van der Waals surface area contributed by atoms with Gasteiger partial charge >= 0.3 is 0 Å². The number of rotatable bonds is 4. The summed E-state index contributed by atoms with van der Waals surface area (Å²) in [5.74, 6) is 0.783. The van der Waals surface area contributed by atoms with Crippen molar-refractivity contribution in [2.75, 3.05) is 7.05 Å². The average Bonchev–Trinajstić information content (AvgIpc) is 3.78. The summed E-state index contributed by atoms with van der Waals surface area (Å²) in [7, 11) is 1.83. The van der Waals surface area contributed by atoms with Crippen molar-refractivity contribution in [1.29, 1.82) is 0 Å². The Balaban J connectivity index is 1.24. The molecule has 4 heteroatoms. The van der Waals surface area contributed by atoms with Gasteiger partial charge < -0.3 is 8.83 Å². The lowest BCUT2D eigenvalue weighted by Crippen LogP contribution is -2.17. The van der Waals surface area contributed by atoms with Gasteiger partial charge in [0.15, 0.2) is 5.84 Å². The second-order valence-corrected chi connectivity index (χ2v) is 13.2. The van der Waals surface area contributed by atoms with Gasteiger partial charge in [-0.1, -0.05) is 127 Å². The van der Waals surface area contributed by atoms with Gasteiger partial charge in [0.2, 0.25) is 0 Å². The molecule has 0 saturated carbocycles. The summed E-state index contributed by atoms with van der Waals surface area (Å²) < 4.78 is 13.2. The average molecular weight is 657 g/mol. The molecule has 0 bridgehead atoms. The van der Waals surface area contributed by atoms with E-state index < -0.39 is 0 Å². The van der Waals surface area contributed by atoms with Gasteiger partial charge in [-0.05, 0) is 69.6 Å². The van der Waals surface area contributed by atoms with Crippen LogP contribution in [0.3, 0.4) is 0 Å². The van der Waals surface area contributed by atoms with E-state index in [9.17, 15) is 0 Å². The molecule has 0 amide bonds. The summed E-state index contributed by atoms with van der Waals surface area (Å²) in [6, 6.07) is 46.7. The highest BCUT2D eigenvalue weighted by Crippen LogP contribution is 2.45. The number of hydrogen-bond acceptors (Lipinski definition) is 3. The number of amidine groups is 1. The largest absolute Gasteiger partial charge is 0.456 e. The van der Waals surface area contributed by atoms with Crippen LogP contribution in [0.2, 0.25) is 0 Å². The van der Waals surface area contributed by atoms with Crippen LogP contribution >= 0.6 is 0 Å². The molecule has 1 unspecified atom stereocenters. The molecular formula is C47H32N2O2. The SMILES string of the molecule is CN=C(N=C(c1ccc2ccccc2c1)C1C=CC=CC1)c1cccc2oc3cccc(-c4cc5ccccc5c5oc6ccccc6c45)c3c12. The topological polar surface area (TPSA) is 51.0 Å². The van der Waals surface area contributed by atoms with Gasteiger partial charge in [0, 0.05) is 45.5 Å². The minimum absolute atomic E-state index is 0.115. The highest BCUT2D eigenvalue weighted by atomic mass is 16.3. The fourth-order valence-corrected chi connectivity index (χ4v) is 7.89. The van der Waals surface area contributed by atoms with Crippen LogP contribution in [0.15, 0.2) is 177 Å². The molecule has 10 rings (SSSR count). The number of hydrogen-bond donors (Lipinski definition) is 0. The first kappa shape index (κ1) is 29.4. The van der Waals surface area contributed by atoms with Crippen LogP contribution in [0.4, 0.5) is 0 Å². The summed E-state index contributed by atoms with van der Waals surface area (Å²) in [4.78, 5) is 10.3. The molecule has 1 aliphatic carbocycles. The Morgan fingerprint density at radius 1 is 0.588 bits per heavy atom. The molecule has 0 fully saturated rings. The number of para-hydroxylation sites is 1. The quantitative estimate of drug-likeness (QED) is 0.140. The van der Waals surface area contributed by atoms with Crippen LogP contribution in [0.5, 0.6) is 0 Å². The van der Waals surface area contributed by atoms with Crippen molar-refractivity contribution in [3.63, 3.8) is 0 Å². The van der Waals surface area contributed by atoms with Gasteiger partial charge in [0.1, 0.15) is 22.3 Å². The normalized spacial score (nSPS) is 15.4. The van der Waals surface area contributed by atoms with E-state index in [1.807, 2.05) is 31.3 Å². The van der Waals surface area contributed by atoms with Crippen molar-refractivity contribution in [2.24, 2.45) is 15.9 Å². The molecular weight excluding hydrogens is 625 g/mol. The number of furan rings is 2. The fourth-order valence-electron chi connectivity index (χ4n) is 7.89. The highest BCUT2D eigenvalue weighted by Gasteiger charge is 2.23. The van der Waals surface area contributed by atoms with E-state index in [4.69, 9.17) is 18.8 Å². The van der Waals surface area contributed by atoms with Crippen LogP contribution in [-0.4, -0.2) is 18.6 Å². The molecule has 9 aromatic rings.